The molecule has 0 aliphatic heterocycles. The summed E-state index contributed by atoms with van der Waals surface area (Å²) < 4.78 is 0.869. The van der Waals surface area contributed by atoms with Crippen molar-refractivity contribution in [1.82, 2.24) is 9.97 Å². The quantitative estimate of drug-likeness (QED) is 0.833. The van der Waals surface area contributed by atoms with Crippen LogP contribution in [-0.4, -0.2) is 23.1 Å². The molecule has 0 N–H and O–H groups in total. The minimum Gasteiger partial charge on any atom is -0.354 e. The molecule has 5 heteroatoms. The van der Waals surface area contributed by atoms with Gasteiger partial charge in [-0.25, -0.2) is 9.97 Å². The Hall–Kier alpha value is -1.15. The number of rotatable bonds is 5. The van der Waals surface area contributed by atoms with Gasteiger partial charge in [0.2, 0.25) is 0 Å². The molecule has 0 aliphatic rings. The predicted octanol–water partition coefficient (Wildman–Crippen LogP) is 2.62. The van der Waals surface area contributed by atoms with Gasteiger partial charge in [0.15, 0.2) is 0 Å². The number of nitrogens with zero attached hydrogens (tertiary/aromatic N) is 4. The van der Waals surface area contributed by atoms with E-state index in [-0.39, 0.29) is 0 Å². The van der Waals surface area contributed by atoms with E-state index in [2.05, 4.69) is 50.7 Å². The van der Waals surface area contributed by atoms with Crippen LogP contribution in [0.3, 0.4) is 0 Å². The first-order chi connectivity index (χ1) is 7.65. The zero-order valence-electron chi connectivity index (χ0n) is 9.52. The molecule has 16 heavy (non-hydrogen) atoms. The number of aromatic nitrogens is 2. The molecule has 1 aromatic rings. The highest BCUT2D eigenvalue weighted by molar-refractivity contribution is 9.10. The van der Waals surface area contributed by atoms with E-state index in [0.717, 1.165) is 16.8 Å². The van der Waals surface area contributed by atoms with Crippen LogP contribution in [0.25, 0.3) is 0 Å². The Morgan fingerprint density at radius 1 is 1.56 bits per heavy atom. The Kier molecular flexibility index (Phi) is 5.20. The van der Waals surface area contributed by atoms with Crippen LogP contribution in [-0.2, 0) is 0 Å². The molecule has 0 atom stereocenters. The average Bonchev–Trinajstić information content (AvgIpc) is 2.24. The van der Waals surface area contributed by atoms with Crippen LogP contribution in [0.1, 0.15) is 20.3 Å². The first-order valence-corrected chi connectivity index (χ1v) is 6.02. The highest BCUT2D eigenvalue weighted by atomic mass is 79.9. The third-order valence-electron chi connectivity index (χ3n) is 2.03. The molecule has 0 saturated heterocycles. The van der Waals surface area contributed by atoms with Crippen molar-refractivity contribution in [3.63, 3.8) is 0 Å². The number of nitriles is 1. The first kappa shape index (κ1) is 12.9. The third kappa shape index (κ3) is 3.78. The number of halogens is 1. The lowest BCUT2D eigenvalue weighted by molar-refractivity contribution is 0.606. The molecule has 86 valence electrons. The van der Waals surface area contributed by atoms with Gasteiger partial charge in [0.05, 0.1) is 17.0 Å². The summed E-state index contributed by atoms with van der Waals surface area (Å²) >= 11 is 3.43. The van der Waals surface area contributed by atoms with E-state index in [1.807, 2.05) is 0 Å². The summed E-state index contributed by atoms with van der Waals surface area (Å²) in [5.41, 5.74) is 0. The van der Waals surface area contributed by atoms with Gasteiger partial charge < -0.3 is 4.90 Å². The van der Waals surface area contributed by atoms with E-state index < -0.39 is 0 Å². The molecule has 0 aromatic carbocycles. The molecule has 0 fully saturated rings. The lowest BCUT2D eigenvalue weighted by Gasteiger charge is -2.25. The fraction of sp³-hybridized carbons (Fsp3) is 0.545. The normalized spacial score (nSPS) is 10.2. The molecular formula is C11H15BrN4. The average molecular weight is 283 g/mol. The number of hydrogen-bond acceptors (Lipinski definition) is 4. The van der Waals surface area contributed by atoms with E-state index >= 15 is 0 Å². The lowest BCUT2D eigenvalue weighted by Crippen LogP contribution is -2.29. The van der Waals surface area contributed by atoms with Gasteiger partial charge in [-0.05, 0) is 21.8 Å². The summed E-state index contributed by atoms with van der Waals surface area (Å²) in [7, 11) is 0. The monoisotopic (exact) mass is 282 g/mol. The second kappa shape index (κ2) is 6.44. The maximum absolute atomic E-state index is 8.64. The summed E-state index contributed by atoms with van der Waals surface area (Å²) in [5, 5.41) is 8.64. The van der Waals surface area contributed by atoms with Crippen LogP contribution in [0.5, 0.6) is 0 Å². The molecule has 1 aromatic heterocycles. The molecule has 0 bridgehead atoms. The molecule has 1 heterocycles. The van der Waals surface area contributed by atoms with Gasteiger partial charge >= 0.3 is 0 Å². The zero-order valence-corrected chi connectivity index (χ0v) is 11.1. The largest absolute Gasteiger partial charge is 0.354 e. The van der Waals surface area contributed by atoms with Crippen LogP contribution in [0.4, 0.5) is 5.82 Å². The van der Waals surface area contributed by atoms with Crippen LogP contribution in [0.2, 0.25) is 0 Å². The topological polar surface area (TPSA) is 52.8 Å². The highest BCUT2D eigenvalue weighted by Crippen LogP contribution is 2.22. The van der Waals surface area contributed by atoms with Crippen molar-refractivity contribution in [3.05, 3.63) is 17.0 Å². The summed E-state index contributed by atoms with van der Waals surface area (Å²) in [6.07, 6.45) is 3.75. The van der Waals surface area contributed by atoms with Crippen molar-refractivity contribution < 1.29 is 0 Å². The second-order valence-corrected chi connectivity index (χ2v) is 4.80. The molecule has 0 unspecified atom stereocenters. The predicted molar refractivity (Wildman–Crippen MR) is 67.0 cm³/mol. The van der Waals surface area contributed by atoms with Gasteiger partial charge in [-0.3, -0.25) is 0 Å². The minimum atomic E-state index is 0.503. The third-order valence-corrected chi connectivity index (χ3v) is 2.59. The van der Waals surface area contributed by atoms with Crippen molar-refractivity contribution in [1.29, 1.82) is 5.26 Å². The van der Waals surface area contributed by atoms with E-state index in [0.29, 0.717) is 18.9 Å². The second-order valence-electron chi connectivity index (χ2n) is 3.94. The smallest absolute Gasteiger partial charge is 0.146 e. The van der Waals surface area contributed by atoms with Gasteiger partial charge in [-0.2, -0.15) is 5.26 Å². The maximum Gasteiger partial charge on any atom is 0.146 e. The van der Waals surface area contributed by atoms with Crippen molar-refractivity contribution in [2.45, 2.75) is 20.3 Å². The van der Waals surface area contributed by atoms with Crippen LogP contribution < -0.4 is 4.90 Å². The Bertz CT molecular complexity index is 372. The number of anilines is 1. The SMILES string of the molecule is CC(C)CN(CCC#N)c1ncncc1Br. The van der Waals surface area contributed by atoms with E-state index in [4.69, 9.17) is 5.26 Å². The van der Waals surface area contributed by atoms with Crippen molar-refractivity contribution in [2.75, 3.05) is 18.0 Å². The van der Waals surface area contributed by atoms with Crippen molar-refractivity contribution >= 4 is 21.7 Å². The minimum absolute atomic E-state index is 0.503. The van der Waals surface area contributed by atoms with Crippen molar-refractivity contribution in [3.8, 4) is 6.07 Å². The molecule has 0 saturated carbocycles. The van der Waals surface area contributed by atoms with Gasteiger partial charge in [0.1, 0.15) is 12.1 Å². The first-order valence-electron chi connectivity index (χ1n) is 5.22. The number of hydrogen-bond donors (Lipinski definition) is 0. The molecule has 0 spiro atoms. The fourth-order valence-electron chi connectivity index (χ4n) is 1.45. The summed E-state index contributed by atoms with van der Waals surface area (Å²) in [6.45, 7) is 5.88. The zero-order chi connectivity index (χ0) is 12.0. The molecule has 4 nitrogen and oxygen atoms in total. The molecule has 0 aliphatic carbocycles. The van der Waals surface area contributed by atoms with Gasteiger partial charge in [0, 0.05) is 19.3 Å². The molecular weight excluding hydrogens is 268 g/mol. The molecule has 0 amide bonds. The Labute approximate surface area is 104 Å². The Morgan fingerprint density at radius 2 is 2.31 bits per heavy atom. The van der Waals surface area contributed by atoms with E-state index in [1.165, 1.54) is 6.33 Å². The molecule has 1 rings (SSSR count). The Balaban J connectivity index is 2.83. The molecule has 0 radical (unpaired) electrons. The fourth-order valence-corrected chi connectivity index (χ4v) is 1.92. The van der Waals surface area contributed by atoms with Crippen molar-refractivity contribution in [2.24, 2.45) is 5.92 Å². The van der Waals surface area contributed by atoms with E-state index in [1.54, 1.807) is 6.20 Å². The van der Waals surface area contributed by atoms with Gasteiger partial charge in [0.25, 0.3) is 0 Å². The standard InChI is InChI=1S/C11H15BrN4/c1-9(2)7-16(5-3-4-13)11-10(12)6-14-8-15-11/h6,8-9H,3,5,7H2,1-2H3. The van der Waals surface area contributed by atoms with Crippen LogP contribution in [0, 0.1) is 17.2 Å². The van der Waals surface area contributed by atoms with E-state index in [9.17, 15) is 0 Å². The van der Waals surface area contributed by atoms with Crippen LogP contribution in [0.15, 0.2) is 17.0 Å². The van der Waals surface area contributed by atoms with Crippen LogP contribution >= 0.6 is 15.9 Å². The maximum atomic E-state index is 8.64. The summed E-state index contributed by atoms with van der Waals surface area (Å²) in [5.74, 6) is 1.39. The summed E-state index contributed by atoms with van der Waals surface area (Å²) in [6, 6.07) is 2.16. The van der Waals surface area contributed by atoms with Gasteiger partial charge in [-0.1, -0.05) is 13.8 Å². The lowest BCUT2D eigenvalue weighted by atomic mass is 10.2. The Morgan fingerprint density at radius 3 is 2.88 bits per heavy atom. The van der Waals surface area contributed by atoms with Gasteiger partial charge in [-0.15, -0.1) is 0 Å². The highest BCUT2D eigenvalue weighted by Gasteiger charge is 2.12. The summed E-state index contributed by atoms with van der Waals surface area (Å²) in [4.78, 5) is 10.3.